The van der Waals surface area contributed by atoms with Gasteiger partial charge in [-0.2, -0.15) is 0 Å². The van der Waals surface area contributed by atoms with E-state index >= 15 is 0 Å². The van der Waals surface area contributed by atoms with Crippen LogP contribution in [-0.4, -0.2) is 31.6 Å². The quantitative estimate of drug-likeness (QED) is 0.776. The zero-order valence-electron chi connectivity index (χ0n) is 12.9. The van der Waals surface area contributed by atoms with Crippen molar-refractivity contribution in [3.05, 3.63) is 54.0 Å². The van der Waals surface area contributed by atoms with E-state index in [-0.39, 0.29) is 12.4 Å². The van der Waals surface area contributed by atoms with Crippen molar-refractivity contribution >= 4 is 17.9 Å². The molecular weight excluding hydrogens is 316 g/mol. The highest BCUT2D eigenvalue weighted by Crippen LogP contribution is 2.16. The Balaban J connectivity index is 1.88. The maximum absolute atomic E-state index is 11.9. The average Bonchev–Trinajstić information content (AvgIpc) is 3.07. The molecular formula is C16H16N2O6. The second kappa shape index (κ2) is 8.37. The number of rotatable bonds is 6. The van der Waals surface area contributed by atoms with E-state index < -0.39 is 24.5 Å². The standard InChI is InChI=1S/C16H16N2O6/c1-17-16(21)18-13(19)10-24-15(20)14-11(7-8-22-14)9-23-12-5-3-2-4-6-12/h2-8H,9-10H2,1H3,(H2,17,18,19,21). The number of ether oxygens (including phenoxy) is 2. The van der Waals surface area contributed by atoms with Crippen LogP contribution in [0.25, 0.3) is 0 Å². The van der Waals surface area contributed by atoms with Crippen LogP contribution in [0.5, 0.6) is 5.75 Å². The number of para-hydroxylation sites is 1. The summed E-state index contributed by atoms with van der Waals surface area (Å²) in [7, 11) is 1.36. The summed E-state index contributed by atoms with van der Waals surface area (Å²) in [6.45, 7) is -0.499. The number of urea groups is 1. The van der Waals surface area contributed by atoms with Gasteiger partial charge >= 0.3 is 12.0 Å². The van der Waals surface area contributed by atoms with Crippen LogP contribution in [-0.2, 0) is 16.1 Å². The summed E-state index contributed by atoms with van der Waals surface area (Å²) in [5.74, 6) is -0.989. The van der Waals surface area contributed by atoms with E-state index in [2.05, 4.69) is 5.32 Å². The summed E-state index contributed by atoms with van der Waals surface area (Å²) < 4.78 is 15.4. The lowest BCUT2D eigenvalue weighted by Gasteiger charge is -2.07. The molecule has 1 aromatic heterocycles. The molecule has 24 heavy (non-hydrogen) atoms. The zero-order valence-corrected chi connectivity index (χ0v) is 12.9. The Hall–Kier alpha value is -3.29. The molecule has 0 aliphatic heterocycles. The minimum atomic E-state index is -0.821. The number of imide groups is 1. The van der Waals surface area contributed by atoms with Gasteiger partial charge in [0.2, 0.25) is 5.76 Å². The first-order valence-electron chi connectivity index (χ1n) is 7.03. The monoisotopic (exact) mass is 332 g/mol. The van der Waals surface area contributed by atoms with Crippen LogP contribution in [0.1, 0.15) is 16.1 Å². The third-order valence-electron chi connectivity index (χ3n) is 2.88. The molecule has 126 valence electrons. The van der Waals surface area contributed by atoms with E-state index in [1.165, 1.54) is 13.3 Å². The number of esters is 1. The first-order chi connectivity index (χ1) is 11.6. The minimum Gasteiger partial charge on any atom is -0.489 e. The van der Waals surface area contributed by atoms with Crippen molar-refractivity contribution in [3.63, 3.8) is 0 Å². The number of carbonyl (C=O) groups is 3. The molecule has 0 radical (unpaired) electrons. The summed E-state index contributed by atoms with van der Waals surface area (Å²) in [5.41, 5.74) is 0.482. The van der Waals surface area contributed by atoms with Gasteiger partial charge in [-0.25, -0.2) is 9.59 Å². The van der Waals surface area contributed by atoms with Crippen LogP contribution < -0.4 is 15.4 Å². The Bertz CT molecular complexity index is 710. The van der Waals surface area contributed by atoms with Crippen LogP contribution in [0, 0.1) is 0 Å². The van der Waals surface area contributed by atoms with Gasteiger partial charge < -0.3 is 19.2 Å². The molecule has 8 heteroatoms. The maximum atomic E-state index is 11.9. The van der Waals surface area contributed by atoms with E-state index in [0.717, 1.165) is 0 Å². The fourth-order valence-electron chi connectivity index (χ4n) is 1.73. The van der Waals surface area contributed by atoms with E-state index in [1.54, 1.807) is 18.2 Å². The van der Waals surface area contributed by atoms with Crippen LogP contribution in [0.3, 0.4) is 0 Å². The molecule has 3 amide bonds. The highest BCUT2D eigenvalue weighted by Gasteiger charge is 2.19. The van der Waals surface area contributed by atoms with Gasteiger partial charge in [0.05, 0.1) is 6.26 Å². The molecule has 0 aliphatic carbocycles. The normalized spacial score (nSPS) is 9.88. The Kier molecular flexibility index (Phi) is 5.95. The zero-order chi connectivity index (χ0) is 17.4. The SMILES string of the molecule is CNC(=O)NC(=O)COC(=O)c1occc1COc1ccccc1. The highest BCUT2D eigenvalue weighted by atomic mass is 16.5. The van der Waals surface area contributed by atoms with Crippen molar-refractivity contribution in [1.82, 2.24) is 10.6 Å². The molecule has 8 nitrogen and oxygen atoms in total. The topological polar surface area (TPSA) is 107 Å². The maximum Gasteiger partial charge on any atom is 0.375 e. The molecule has 0 atom stereocenters. The summed E-state index contributed by atoms with van der Waals surface area (Å²) in [6, 6.07) is 9.95. The Labute approximate surface area is 137 Å². The lowest BCUT2D eigenvalue weighted by Crippen LogP contribution is -2.39. The van der Waals surface area contributed by atoms with Gasteiger partial charge in [-0.1, -0.05) is 18.2 Å². The Morgan fingerprint density at radius 2 is 1.88 bits per heavy atom. The van der Waals surface area contributed by atoms with Crippen molar-refractivity contribution in [2.24, 2.45) is 0 Å². The molecule has 0 unspecified atom stereocenters. The minimum absolute atomic E-state index is 0.0568. The first-order valence-corrected chi connectivity index (χ1v) is 7.03. The number of nitrogens with one attached hydrogen (secondary N) is 2. The molecule has 1 heterocycles. The largest absolute Gasteiger partial charge is 0.489 e. The molecule has 0 saturated carbocycles. The van der Waals surface area contributed by atoms with Crippen LogP contribution in [0.15, 0.2) is 47.1 Å². The van der Waals surface area contributed by atoms with E-state index in [9.17, 15) is 14.4 Å². The van der Waals surface area contributed by atoms with Crippen molar-refractivity contribution in [2.75, 3.05) is 13.7 Å². The van der Waals surface area contributed by atoms with Crippen LogP contribution in [0.2, 0.25) is 0 Å². The van der Waals surface area contributed by atoms with Gasteiger partial charge in [-0.15, -0.1) is 0 Å². The van der Waals surface area contributed by atoms with E-state index in [1.807, 2.05) is 23.5 Å². The Morgan fingerprint density at radius 1 is 1.12 bits per heavy atom. The molecule has 0 fully saturated rings. The summed E-state index contributed by atoms with van der Waals surface area (Å²) in [6.07, 6.45) is 1.32. The lowest BCUT2D eigenvalue weighted by molar-refractivity contribution is -0.123. The van der Waals surface area contributed by atoms with Crippen molar-refractivity contribution in [2.45, 2.75) is 6.61 Å². The molecule has 2 aromatic rings. The number of carbonyl (C=O) groups excluding carboxylic acids is 3. The molecule has 0 spiro atoms. The van der Waals surface area contributed by atoms with Gasteiger partial charge in [0.25, 0.3) is 5.91 Å². The number of amides is 3. The predicted octanol–water partition coefficient (Wildman–Crippen LogP) is 1.47. The van der Waals surface area contributed by atoms with E-state index in [0.29, 0.717) is 11.3 Å². The summed E-state index contributed by atoms with van der Waals surface area (Å²) >= 11 is 0. The molecule has 0 bridgehead atoms. The van der Waals surface area contributed by atoms with Gasteiger partial charge in [0.1, 0.15) is 12.4 Å². The summed E-state index contributed by atoms with van der Waals surface area (Å²) in [4.78, 5) is 34.3. The molecule has 1 aromatic carbocycles. The summed E-state index contributed by atoms with van der Waals surface area (Å²) in [5, 5.41) is 4.18. The predicted molar refractivity (Wildman–Crippen MR) is 82.4 cm³/mol. The van der Waals surface area contributed by atoms with Crippen molar-refractivity contribution < 1.29 is 28.3 Å². The molecule has 0 saturated heterocycles. The van der Waals surface area contributed by atoms with Crippen molar-refractivity contribution in [3.8, 4) is 5.75 Å². The lowest BCUT2D eigenvalue weighted by atomic mass is 10.2. The van der Waals surface area contributed by atoms with Gasteiger partial charge in [-0.05, 0) is 18.2 Å². The fraction of sp³-hybridized carbons (Fsp3) is 0.188. The first kappa shape index (κ1) is 17.1. The van der Waals surface area contributed by atoms with Gasteiger partial charge in [-0.3, -0.25) is 10.1 Å². The van der Waals surface area contributed by atoms with Crippen LogP contribution in [0.4, 0.5) is 4.79 Å². The molecule has 0 aliphatic rings. The Morgan fingerprint density at radius 3 is 2.58 bits per heavy atom. The number of hydrogen-bond donors (Lipinski definition) is 2. The molecule has 2 rings (SSSR count). The second-order valence-electron chi connectivity index (χ2n) is 4.58. The average molecular weight is 332 g/mol. The third-order valence-corrected chi connectivity index (χ3v) is 2.88. The van der Waals surface area contributed by atoms with E-state index in [4.69, 9.17) is 13.9 Å². The fourth-order valence-corrected chi connectivity index (χ4v) is 1.73. The smallest absolute Gasteiger partial charge is 0.375 e. The number of hydrogen-bond acceptors (Lipinski definition) is 6. The third kappa shape index (κ3) is 4.87. The number of benzene rings is 1. The van der Waals surface area contributed by atoms with Gasteiger partial charge in [0.15, 0.2) is 6.61 Å². The highest BCUT2D eigenvalue weighted by molar-refractivity contribution is 5.96. The van der Waals surface area contributed by atoms with Crippen LogP contribution >= 0.6 is 0 Å². The number of furan rings is 1. The van der Waals surface area contributed by atoms with Gasteiger partial charge in [0, 0.05) is 12.6 Å². The molecule has 2 N–H and O–H groups in total. The van der Waals surface area contributed by atoms with Crippen molar-refractivity contribution in [1.29, 1.82) is 0 Å². The second-order valence-corrected chi connectivity index (χ2v) is 4.58.